The maximum absolute atomic E-state index is 15.1. The fourth-order valence-corrected chi connectivity index (χ4v) is 9.30. The second kappa shape index (κ2) is 10.5. The highest BCUT2D eigenvalue weighted by molar-refractivity contribution is 7.85. The highest BCUT2D eigenvalue weighted by atomic mass is 31.2. The SMILES string of the molecule is O=P(c1ccccc1)(c1ccccc1)c1ccc2oc3ccc(-c4ccc5oc6ccc(-c7ccccc7)cc6c5c4)cc3c2c1. The predicted molar refractivity (Wildman–Crippen MR) is 191 cm³/mol. The fraction of sp³-hybridized carbons (Fsp3) is 0. The van der Waals surface area contributed by atoms with Gasteiger partial charge >= 0.3 is 0 Å². The van der Waals surface area contributed by atoms with Crippen LogP contribution in [0.3, 0.4) is 0 Å². The van der Waals surface area contributed by atoms with Crippen LogP contribution in [0.15, 0.2) is 173 Å². The molecule has 9 aromatic rings. The van der Waals surface area contributed by atoms with Crippen LogP contribution in [0.1, 0.15) is 0 Å². The third-order valence-corrected chi connectivity index (χ3v) is 12.0. The van der Waals surface area contributed by atoms with Gasteiger partial charge in [0.2, 0.25) is 0 Å². The summed E-state index contributed by atoms with van der Waals surface area (Å²) >= 11 is 0. The first kappa shape index (κ1) is 26.7. The fourth-order valence-electron chi connectivity index (χ4n) is 6.63. The van der Waals surface area contributed by atoms with Crippen molar-refractivity contribution in [3.8, 4) is 22.3 Å². The zero-order chi connectivity index (χ0) is 30.7. The largest absolute Gasteiger partial charge is 0.456 e. The minimum atomic E-state index is -3.13. The van der Waals surface area contributed by atoms with Crippen LogP contribution in [-0.2, 0) is 4.57 Å². The lowest BCUT2D eigenvalue weighted by Gasteiger charge is -2.20. The minimum absolute atomic E-state index is 0.772. The number of benzene rings is 7. The summed E-state index contributed by atoms with van der Waals surface area (Å²) in [7, 11) is -3.13. The molecule has 0 amide bonds. The lowest BCUT2D eigenvalue weighted by Crippen LogP contribution is -2.24. The van der Waals surface area contributed by atoms with Crippen LogP contribution in [0, 0.1) is 0 Å². The first-order valence-electron chi connectivity index (χ1n) is 15.4. The molecule has 3 nitrogen and oxygen atoms in total. The van der Waals surface area contributed by atoms with E-state index < -0.39 is 7.14 Å². The van der Waals surface area contributed by atoms with E-state index in [0.717, 1.165) is 76.5 Å². The topological polar surface area (TPSA) is 43.4 Å². The standard InChI is InChI=1S/C42H27O3P/c43-46(32-12-6-2-7-13-32,33-14-8-3-9-15-33)34-19-23-42-38(27-34)37-26-31(18-22-41(37)45-42)30-17-21-40-36(25-30)35-24-29(16-20-39(35)44-40)28-10-4-1-5-11-28/h1-27H. The minimum Gasteiger partial charge on any atom is -0.456 e. The Bertz CT molecular complexity index is 2550. The van der Waals surface area contributed by atoms with E-state index in [9.17, 15) is 0 Å². The van der Waals surface area contributed by atoms with Crippen LogP contribution in [0.25, 0.3) is 66.1 Å². The smallest absolute Gasteiger partial charge is 0.171 e. The average molecular weight is 611 g/mol. The van der Waals surface area contributed by atoms with E-state index in [0.29, 0.717) is 0 Å². The molecule has 0 spiro atoms. The predicted octanol–water partition coefficient (Wildman–Crippen LogP) is 10.5. The van der Waals surface area contributed by atoms with Crippen LogP contribution in [0.4, 0.5) is 0 Å². The van der Waals surface area contributed by atoms with Gasteiger partial charge in [-0.2, -0.15) is 0 Å². The van der Waals surface area contributed by atoms with Gasteiger partial charge in [0, 0.05) is 37.5 Å². The summed E-state index contributed by atoms with van der Waals surface area (Å²) in [6, 6.07) is 55.0. The summed E-state index contributed by atoms with van der Waals surface area (Å²) < 4.78 is 27.6. The Morgan fingerprint density at radius 1 is 0.326 bits per heavy atom. The molecule has 9 rings (SSSR count). The molecule has 2 aromatic heterocycles. The van der Waals surface area contributed by atoms with E-state index in [-0.39, 0.29) is 0 Å². The van der Waals surface area contributed by atoms with Crippen molar-refractivity contribution in [2.45, 2.75) is 0 Å². The molecule has 0 aliphatic rings. The highest BCUT2D eigenvalue weighted by Gasteiger charge is 2.30. The third kappa shape index (κ3) is 4.24. The lowest BCUT2D eigenvalue weighted by molar-refractivity contribution is 0.592. The number of rotatable bonds is 5. The average Bonchev–Trinajstić information content (AvgIpc) is 3.69. The highest BCUT2D eigenvalue weighted by Crippen LogP contribution is 2.44. The van der Waals surface area contributed by atoms with Gasteiger partial charge in [-0.05, 0) is 76.9 Å². The van der Waals surface area contributed by atoms with Gasteiger partial charge in [-0.1, -0.05) is 109 Å². The van der Waals surface area contributed by atoms with Crippen LogP contribution < -0.4 is 15.9 Å². The Labute approximate surface area is 265 Å². The molecule has 7 aromatic carbocycles. The van der Waals surface area contributed by atoms with Crippen molar-refractivity contribution >= 4 is 66.9 Å². The molecule has 0 aliphatic heterocycles. The molecule has 0 fully saturated rings. The molecule has 218 valence electrons. The van der Waals surface area contributed by atoms with E-state index in [2.05, 4.69) is 78.9 Å². The third-order valence-electron chi connectivity index (χ3n) is 8.97. The van der Waals surface area contributed by atoms with Crippen molar-refractivity contribution in [2.75, 3.05) is 0 Å². The maximum Gasteiger partial charge on any atom is 0.171 e. The molecule has 0 unspecified atom stereocenters. The summed E-state index contributed by atoms with van der Waals surface area (Å²) in [5.41, 5.74) is 7.80. The van der Waals surface area contributed by atoms with Crippen LogP contribution in [0.2, 0.25) is 0 Å². The Morgan fingerprint density at radius 3 is 1.15 bits per heavy atom. The van der Waals surface area contributed by atoms with Gasteiger partial charge in [0.15, 0.2) is 7.14 Å². The molecular weight excluding hydrogens is 583 g/mol. The van der Waals surface area contributed by atoms with Gasteiger partial charge in [-0.15, -0.1) is 0 Å². The number of fused-ring (bicyclic) bond motifs is 6. The van der Waals surface area contributed by atoms with Crippen LogP contribution >= 0.6 is 7.14 Å². The Hall–Kier alpha value is -5.63. The molecule has 0 radical (unpaired) electrons. The monoisotopic (exact) mass is 610 g/mol. The molecule has 46 heavy (non-hydrogen) atoms. The first-order chi connectivity index (χ1) is 22.6. The Kier molecular flexibility index (Phi) is 6.09. The van der Waals surface area contributed by atoms with Crippen molar-refractivity contribution in [3.63, 3.8) is 0 Å². The summed E-state index contributed by atoms with van der Waals surface area (Å²) in [4.78, 5) is 0. The molecular formula is C42H27O3P. The van der Waals surface area contributed by atoms with E-state index in [1.165, 1.54) is 5.56 Å². The first-order valence-corrected chi connectivity index (χ1v) is 17.1. The summed E-state index contributed by atoms with van der Waals surface area (Å²) in [6.07, 6.45) is 0. The molecule has 0 bridgehead atoms. The van der Waals surface area contributed by atoms with E-state index in [4.69, 9.17) is 8.83 Å². The Balaban J connectivity index is 1.19. The maximum atomic E-state index is 15.1. The molecule has 0 saturated carbocycles. The quantitative estimate of drug-likeness (QED) is 0.182. The summed E-state index contributed by atoms with van der Waals surface area (Å²) in [6.45, 7) is 0. The lowest BCUT2D eigenvalue weighted by atomic mass is 9.99. The second-order valence-electron chi connectivity index (χ2n) is 11.7. The zero-order valence-electron chi connectivity index (χ0n) is 24.8. The van der Waals surface area contributed by atoms with Gasteiger partial charge < -0.3 is 13.4 Å². The van der Waals surface area contributed by atoms with E-state index >= 15 is 4.57 Å². The molecule has 4 heteroatoms. The van der Waals surface area contributed by atoms with Crippen molar-refractivity contribution in [2.24, 2.45) is 0 Å². The van der Waals surface area contributed by atoms with Gasteiger partial charge in [0.05, 0.1) is 0 Å². The molecule has 0 N–H and O–H groups in total. The molecule has 0 atom stereocenters. The van der Waals surface area contributed by atoms with E-state index in [1.54, 1.807) is 0 Å². The van der Waals surface area contributed by atoms with Crippen molar-refractivity contribution in [1.29, 1.82) is 0 Å². The molecule has 0 saturated heterocycles. The summed E-state index contributed by atoms with van der Waals surface area (Å²) in [5, 5.41) is 6.52. The molecule has 2 heterocycles. The van der Waals surface area contributed by atoms with Crippen molar-refractivity contribution in [1.82, 2.24) is 0 Å². The van der Waals surface area contributed by atoms with Gasteiger partial charge in [0.1, 0.15) is 22.3 Å². The van der Waals surface area contributed by atoms with Crippen LogP contribution in [-0.4, -0.2) is 0 Å². The van der Waals surface area contributed by atoms with Crippen LogP contribution in [0.5, 0.6) is 0 Å². The number of hydrogen-bond donors (Lipinski definition) is 0. The summed E-state index contributed by atoms with van der Waals surface area (Å²) in [5.74, 6) is 0. The van der Waals surface area contributed by atoms with Gasteiger partial charge in [0.25, 0.3) is 0 Å². The number of furan rings is 2. The second-order valence-corrected chi connectivity index (χ2v) is 14.4. The molecule has 0 aliphatic carbocycles. The van der Waals surface area contributed by atoms with Gasteiger partial charge in [-0.3, -0.25) is 0 Å². The normalized spacial score (nSPS) is 12.0. The van der Waals surface area contributed by atoms with Crippen molar-refractivity contribution < 1.29 is 13.4 Å². The van der Waals surface area contributed by atoms with Gasteiger partial charge in [-0.25, -0.2) is 0 Å². The Morgan fingerprint density at radius 2 is 0.696 bits per heavy atom. The number of hydrogen-bond acceptors (Lipinski definition) is 3. The van der Waals surface area contributed by atoms with Crippen molar-refractivity contribution in [3.05, 3.63) is 164 Å². The van der Waals surface area contributed by atoms with E-state index in [1.807, 2.05) is 84.9 Å². The zero-order valence-corrected chi connectivity index (χ0v) is 25.7.